The van der Waals surface area contributed by atoms with Crippen LogP contribution < -0.4 is 14.8 Å². The third-order valence-corrected chi connectivity index (χ3v) is 5.23. The number of carbonyl (C=O) groups excluding carboxylic acids is 1. The second-order valence-electron chi connectivity index (χ2n) is 6.88. The lowest BCUT2D eigenvalue weighted by atomic mass is 10.1. The summed E-state index contributed by atoms with van der Waals surface area (Å²) in [6, 6.07) is 11.6. The first kappa shape index (κ1) is 20.8. The van der Waals surface area contributed by atoms with Crippen LogP contribution in [-0.4, -0.2) is 27.5 Å². The normalized spacial score (nSPS) is 11.3. The number of anilines is 1. The zero-order valence-corrected chi connectivity index (χ0v) is 16.9. The van der Waals surface area contributed by atoms with Crippen LogP contribution in [0.25, 0.3) is 0 Å². The van der Waals surface area contributed by atoms with E-state index in [1.54, 1.807) is 6.07 Å². The minimum Gasteiger partial charge on any atom is -0.484 e. The van der Waals surface area contributed by atoms with E-state index in [1.807, 2.05) is 39.8 Å². The molecule has 2 N–H and O–H groups in total. The van der Waals surface area contributed by atoms with E-state index in [0.717, 1.165) is 11.1 Å². The average Bonchev–Trinajstić information content (AvgIpc) is 2.61. The molecule has 2 aromatic carbocycles. The maximum Gasteiger partial charge on any atom is 0.261 e. The predicted molar refractivity (Wildman–Crippen MR) is 107 cm³/mol. The number of aryl methyl sites for hydroxylation is 2. The van der Waals surface area contributed by atoms with Crippen LogP contribution in [0, 0.1) is 19.8 Å². The highest BCUT2D eigenvalue weighted by molar-refractivity contribution is 7.92. The molecule has 0 aliphatic heterocycles. The molecule has 0 fully saturated rings. The standard InChI is InChI=1S/C20H26N2O4S/c1-14(2)12-21-20(23)13-26-17-7-9-18(10-8-17)27(24,25)22-19-11-15(3)5-6-16(19)4/h5-11,14,22H,12-13H2,1-4H3,(H,21,23). The molecule has 0 aliphatic rings. The van der Waals surface area contributed by atoms with Crippen molar-refractivity contribution >= 4 is 21.6 Å². The van der Waals surface area contributed by atoms with Crippen molar-refractivity contribution in [2.24, 2.45) is 5.92 Å². The number of ether oxygens (including phenoxy) is 1. The molecule has 146 valence electrons. The summed E-state index contributed by atoms with van der Waals surface area (Å²) in [7, 11) is -3.70. The number of hydrogen-bond acceptors (Lipinski definition) is 4. The molecule has 1 amide bonds. The van der Waals surface area contributed by atoms with Gasteiger partial charge in [0.15, 0.2) is 6.61 Å². The molecule has 0 saturated heterocycles. The first-order chi connectivity index (χ1) is 12.7. The van der Waals surface area contributed by atoms with Gasteiger partial charge in [0, 0.05) is 6.54 Å². The third kappa shape index (κ3) is 6.29. The van der Waals surface area contributed by atoms with Gasteiger partial charge in [0.05, 0.1) is 10.6 Å². The van der Waals surface area contributed by atoms with Crippen molar-refractivity contribution in [3.05, 3.63) is 53.6 Å². The Morgan fingerprint density at radius 3 is 2.37 bits per heavy atom. The van der Waals surface area contributed by atoms with Gasteiger partial charge in [-0.1, -0.05) is 26.0 Å². The largest absolute Gasteiger partial charge is 0.484 e. The fourth-order valence-electron chi connectivity index (χ4n) is 2.28. The number of hydrogen-bond donors (Lipinski definition) is 2. The summed E-state index contributed by atoms with van der Waals surface area (Å²) in [6.07, 6.45) is 0. The molecule has 0 heterocycles. The molecule has 2 aromatic rings. The summed E-state index contributed by atoms with van der Waals surface area (Å²) >= 11 is 0. The summed E-state index contributed by atoms with van der Waals surface area (Å²) in [5.41, 5.74) is 2.37. The van der Waals surface area contributed by atoms with Gasteiger partial charge in [-0.05, 0) is 61.2 Å². The Morgan fingerprint density at radius 1 is 1.07 bits per heavy atom. The van der Waals surface area contributed by atoms with Crippen molar-refractivity contribution in [2.45, 2.75) is 32.6 Å². The van der Waals surface area contributed by atoms with E-state index in [9.17, 15) is 13.2 Å². The van der Waals surface area contributed by atoms with Crippen LogP contribution in [0.5, 0.6) is 5.75 Å². The van der Waals surface area contributed by atoms with Crippen LogP contribution in [0.4, 0.5) is 5.69 Å². The molecular weight excluding hydrogens is 364 g/mol. The number of amides is 1. The van der Waals surface area contributed by atoms with Gasteiger partial charge in [0.1, 0.15) is 5.75 Å². The Balaban J connectivity index is 2.01. The lowest BCUT2D eigenvalue weighted by Crippen LogP contribution is -2.31. The molecule has 2 rings (SSSR count). The zero-order valence-electron chi connectivity index (χ0n) is 16.1. The highest BCUT2D eigenvalue weighted by Crippen LogP contribution is 2.22. The van der Waals surface area contributed by atoms with Gasteiger partial charge < -0.3 is 10.1 Å². The first-order valence-electron chi connectivity index (χ1n) is 8.77. The van der Waals surface area contributed by atoms with Gasteiger partial charge in [-0.2, -0.15) is 0 Å². The smallest absolute Gasteiger partial charge is 0.261 e. The summed E-state index contributed by atoms with van der Waals surface area (Å²) < 4.78 is 33.2. The van der Waals surface area contributed by atoms with E-state index in [1.165, 1.54) is 24.3 Å². The fraction of sp³-hybridized carbons (Fsp3) is 0.350. The number of sulfonamides is 1. The van der Waals surface area contributed by atoms with Crippen molar-refractivity contribution in [3.63, 3.8) is 0 Å². The minimum absolute atomic E-state index is 0.112. The number of rotatable bonds is 8. The molecule has 0 bridgehead atoms. The molecule has 0 spiro atoms. The van der Waals surface area contributed by atoms with Crippen LogP contribution >= 0.6 is 0 Å². The molecule has 0 radical (unpaired) electrons. The van der Waals surface area contributed by atoms with Crippen LogP contribution in [0.2, 0.25) is 0 Å². The van der Waals surface area contributed by atoms with Crippen molar-refractivity contribution < 1.29 is 17.9 Å². The maximum atomic E-state index is 12.6. The fourth-order valence-corrected chi connectivity index (χ4v) is 3.40. The van der Waals surface area contributed by atoms with Gasteiger partial charge in [-0.3, -0.25) is 9.52 Å². The highest BCUT2D eigenvalue weighted by atomic mass is 32.2. The molecule has 6 nitrogen and oxygen atoms in total. The zero-order chi connectivity index (χ0) is 20.0. The van der Waals surface area contributed by atoms with E-state index in [0.29, 0.717) is 23.9 Å². The van der Waals surface area contributed by atoms with E-state index in [-0.39, 0.29) is 17.4 Å². The Labute approximate surface area is 161 Å². The minimum atomic E-state index is -3.70. The molecule has 0 aromatic heterocycles. The molecule has 0 unspecified atom stereocenters. The van der Waals surface area contributed by atoms with Crippen molar-refractivity contribution in [1.82, 2.24) is 5.32 Å². The van der Waals surface area contributed by atoms with E-state index < -0.39 is 10.0 Å². The first-order valence-corrected chi connectivity index (χ1v) is 10.3. The SMILES string of the molecule is Cc1ccc(C)c(NS(=O)(=O)c2ccc(OCC(=O)NCC(C)C)cc2)c1. The highest BCUT2D eigenvalue weighted by Gasteiger charge is 2.15. The van der Waals surface area contributed by atoms with E-state index >= 15 is 0 Å². The monoisotopic (exact) mass is 390 g/mol. The van der Waals surface area contributed by atoms with E-state index in [2.05, 4.69) is 10.0 Å². The molecule has 27 heavy (non-hydrogen) atoms. The third-order valence-electron chi connectivity index (χ3n) is 3.85. The van der Waals surface area contributed by atoms with Crippen LogP contribution in [0.15, 0.2) is 47.4 Å². The maximum absolute atomic E-state index is 12.6. The van der Waals surface area contributed by atoms with Gasteiger partial charge in [-0.15, -0.1) is 0 Å². The van der Waals surface area contributed by atoms with Crippen molar-refractivity contribution in [1.29, 1.82) is 0 Å². The molecule has 0 aliphatic carbocycles. The van der Waals surface area contributed by atoms with Crippen molar-refractivity contribution in [3.8, 4) is 5.75 Å². The van der Waals surface area contributed by atoms with Gasteiger partial charge in [-0.25, -0.2) is 8.42 Å². The molecule has 0 atom stereocenters. The summed E-state index contributed by atoms with van der Waals surface area (Å²) in [6.45, 7) is 8.24. The second-order valence-corrected chi connectivity index (χ2v) is 8.56. The average molecular weight is 391 g/mol. The lowest BCUT2D eigenvalue weighted by molar-refractivity contribution is -0.123. The molecule has 7 heteroatoms. The molecule has 0 saturated carbocycles. The Kier molecular flexibility index (Phi) is 6.85. The summed E-state index contributed by atoms with van der Waals surface area (Å²) in [5.74, 6) is 0.584. The topological polar surface area (TPSA) is 84.5 Å². The molecular formula is C20H26N2O4S. The Bertz CT molecular complexity index is 891. The van der Waals surface area contributed by atoms with Gasteiger partial charge in [0.2, 0.25) is 0 Å². The summed E-state index contributed by atoms with van der Waals surface area (Å²) in [4.78, 5) is 11.8. The quantitative estimate of drug-likeness (QED) is 0.725. The number of carbonyl (C=O) groups is 1. The van der Waals surface area contributed by atoms with Crippen molar-refractivity contribution in [2.75, 3.05) is 17.9 Å². The van der Waals surface area contributed by atoms with Gasteiger partial charge in [0.25, 0.3) is 15.9 Å². The summed E-state index contributed by atoms with van der Waals surface area (Å²) in [5, 5.41) is 2.76. The number of nitrogens with one attached hydrogen (secondary N) is 2. The Morgan fingerprint density at radius 2 is 1.74 bits per heavy atom. The van der Waals surface area contributed by atoms with Crippen LogP contribution in [0.3, 0.4) is 0 Å². The Hall–Kier alpha value is -2.54. The van der Waals surface area contributed by atoms with Crippen LogP contribution in [-0.2, 0) is 14.8 Å². The number of benzene rings is 2. The van der Waals surface area contributed by atoms with E-state index in [4.69, 9.17) is 4.74 Å². The van der Waals surface area contributed by atoms with Crippen LogP contribution in [0.1, 0.15) is 25.0 Å². The predicted octanol–water partition coefficient (Wildman–Crippen LogP) is 3.26. The second kappa shape index (κ2) is 8.90. The van der Waals surface area contributed by atoms with Gasteiger partial charge >= 0.3 is 0 Å². The lowest BCUT2D eigenvalue weighted by Gasteiger charge is -2.12.